The number of anilines is 1. The fourth-order valence-electron chi connectivity index (χ4n) is 2.56. The van der Waals surface area contributed by atoms with Crippen LogP contribution in [0.4, 0.5) is 5.13 Å². The van der Waals surface area contributed by atoms with E-state index in [0.717, 1.165) is 17.7 Å². The number of nitrogens with zero attached hydrogens (tertiary/aromatic N) is 2. The smallest absolute Gasteiger partial charge is 0.266 e. The van der Waals surface area contributed by atoms with Gasteiger partial charge in [-0.25, -0.2) is 4.98 Å². The lowest BCUT2D eigenvalue weighted by atomic mass is 10.2. The number of aromatic nitrogens is 1. The first kappa shape index (κ1) is 19.1. The molecule has 0 saturated carbocycles. The number of thiazole rings is 1. The van der Waals surface area contributed by atoms with Gasteiger partial charge >= 0.3 is 0 Å². The fourth-order valence-corrected chi connectivity index (χ4v) is 3.44. The van der Waals surface area contributed by atoms with E-state index in [2.05, 4.69) is 4.98 Å². The summed E-state index contributed by atoms with van der Waals surface area (Å²) in [7, 11) is 1.65. The number of carbonyl (C=O) groups is 1. The third kappa shape index (κ3) is 5.39. The van der Waals surface area contributed by atoms with Gasteiger partial charge < -0.3 is 9.47 Å². The van der Waals surface area contributed by atoms with Crippen LogP contribution in [0, 0.1) is 0 Å². The number of ether oxygens (including phenoxy) is 2. The molecule has 3 rings (SSSR count). The molecule has 0 radical (unpaired) electrons. The quantitative estimate of drug-likeness (QED) is 0.519. The number of para-hydroxylation sites is 1. The first-order valence-electron chi connectivity index (χ1n) is 8.76. The highest BCUT2D eigenvalue weighted by atomic mass is 32.1. The summed E-state index contributed by atoms with van der Waals surface area (Å²) in [5.74, 6) is 0.552. The first-order chi connectivity index (χ1) is 13.3. The molecule has 0 saturated heterocycles. The second-order valence-electron chi connectivity index (χ2n) is 5.87. The molecule has 0 fully saturated rings. The van der Waals surface area contributed by atoms with Gasteiger partial charge in [-0.1, -0.05) is 48.5 Å². The monoisotopic (exact) mass is 382 g/mol. The number of hydrogen-bond acceptors (Lipinski definition) is 5. The van der Waals surface area contributed by atoms with Crippen molar-refractivity contribution in [2.45, 2.75) is 6.42 Å². The lowest BCUT2D eigenvalue weighted by molar-refractivity contribution is -0.120. The third-order valence-corrected chi connectivity index (χ3v) is 4.79. The van der Waals surface area contributed by atoms with Gasteiger partial charge in [-0.3, -0.25) is 9.69 Å². The van der Waals surface area contributed by atoms with E-state index < -0.39 is 0 Å². The van der Waals surface area contributed by atoms with Crippen LogP contribution in [0.5, 0.6) is 5.75 Å². The van der Waals surface area contributed by atoms with Crippen LogP contribution >= 0.6 is 11.3 Å². The summed E-state index contributed by atoms with van der Waals surface area (Å²) in [6.45, 7) is 1.09. The van der Waals surface area contributed by atoms with E-state index in [9.17, 15) is 4.79 Å². The fraction of sp³-hybridized carbons (Fsp3) is 0.238. The summed E-state index contributed by atoms with van der Waals surface area (Å²) >= 11 is 1.46. The average molecular weight is 382 g/mol. The van der Waals surface area contributed by atoms with Gasteiger partial charge in [0.2, 0.25) is 0 Å². The zero-order valence-electron chi connectivity index (χ0n) is 15.2. The Hall–Kier alpha value is -2.70. The van der Waals surface area contributed by atoms with Crippen LogP contribution in [-0.2, 0) is 9.53 Å². The second-order valence-corrected chi connectivity index (χ2v) is 6.71. The Morgan fingerprint density at radius 2 is 1.78 bits per heavy atom. The van der Waals surface area contributed by atoms with Crippen molar-refractivity contribution in [3.8, 4) is 17.0 Å². The Balaban J connectivity index is 1.72. The molecular weight excluding hydrogens is 360 g/mol. The largest absolute Gasteiger partial charge is 0.484 e. The molecule has 5 nitrogen and oxygen atoms in total. The second kappa shape index (κ2) is 9.85. The molecule has 1 heterocycles. The van der Waals surface area contributed by atoms with Crippen LogP contribution < -0.4 is 9.64 Å². The van der Waals surface area contributed by atoms with Gasteiger partial charge in [-0.2, -0.15) is 0 Å². The summed E-state index contributed by atoms with van der Waals surface area (Å²) in [5.41, 5.74) is 1.90. The van der Waals surface area contributed by atoms with E-state index in [4.69, 9.17) is 9.47 Å². The standard InChI is InChI=1S/C21H22N2O3S/c1-25-14-8-13-23(20(24)15-26-18-11-6-3-7-12-18)21-22-19(16-27-21)17-9-4-2-5-10-17/h2-7,9-12,16H,8,13-15H2,1H3. The SMILES string of the molecule is COCCCN(C(=O)COc1ccccc1)c1nc(-c2ccccc2)cs1. The summed E-state index contributed by atoms with van der Waals surface area (Å²) in [6.07, 6.45) is 0.730. The number of amides is 1. The minimum absolute atomic E-state index is 0.0305. The highest BCUT2D eigenvalue weighted by Crippen LogP contribution is 2.27. The van der Waals surface area contributed by atoms with Crippen LogP contribution in [0.1, 0.15) is 6.42 Å². The molecular formula is C21H22N2O3S. The molecule has 0 N–H and O–H groups in total. The van der Waals surface area contributed by atoms with Crippen molar-refractivity contribution in [3.05, 3.63) is 66.0 Å². The van der Waals surface area contributed by atoms with Crippen LogP contribution in [0.2, 0.25) is 0 Å². The summed E-state index contributed by atoms with van der Waals surface area (Å²) in [4.78, 5) is 19.1. The van der Waals surface area contributed by atoms with E-state index in [0.29, 0.717) is 24.0 Å². The third-order valence-electron chi connectivity index (χ3n) is 3.93. The van der Waals surface area contributed by atoms with Crippen molar-refractivity contribution in [1.29, 1.82) is 0 Å². The molecule has 27 heavy (non-hydrogen) atoms. The minimum Gasteiger partial charge on any atom is -0.484 e. The molecule has 0 aliphatic heterocycles. The van der Waals surface area contributed by atoms with Gasteiger partial charge in [0.25, 0.3) is 5.91 Å². The topological polar surface area (TPSA) is 51.7 Å². The van der Waals surface area contributed by atoms with Crippen LogP contribution in [0.25, 0.3) is 11.3 Å². The van der Waals surface area contributed by atoms with Crippen LogP contribution in [-0.4, -0.2) is 37.8 Å². The van der Waals surface area contributed by atoms with Gasteiger partial charge in [0.05, 0.1) is 5.69 Å². The zero-order chi connectivity index (χ0) is 18.9. The van der Waals surface area contributed by atoms with Gasteiger partial charge in [-0.15, -0.1) is 11.3 Å². The molecule has 3 aromatic rings. The molecule has 140 valence electrons. The highest BCUT2D eigenvalue weighted by Gasteiger charge is 2.20. The van der Waals surface area contributed by atoms with E-state index in [1.165, 1.54) is 11.3 Å². The number of methoxy groups -OCH3 is 1. The van der Waals surface area contributed by atoms with E-state index in [1.807, 2.05) is 66.0 Å². The molecule has 0 unspecified atom stereocenters. The van der Waals surface area contributed by atoms with Gasteiger partial charge in [-0.05, 0) is 18.6 Å². The molecule has 0 aliphatic carbocycles. The first-order valence-corrected chi connectivity index (χ1v) is 9.64. The van der Waals surface area contributed by atoms with Crippen molar-refractivity contribution >= 4 is 22.4 Å². The van der Waals surface area contributed by atoms with E-state index in [1.54, 1.807) is 12.0 Å². The molecule has 1 amide bonds. The van der Waals surface area contributed by atoms with Crippen molar-refractivity contribution in [3.63, 3.8) is 0 Å². The highest BCUT2D eigenvalue weighted by molar-refractivity contribution is 7.14. The number of benzene rings is 2. The maximum absolute atomic E-state index is 12.8. The van der Waals surface area contributed by atoms with E-state index in [-0.39, 0.29) is 12.5 Å². The summed E-state index contributed by atoms with van der Waals surface area (Å²) in [6, 6.07) is 19.3. The van der Waals surface area contributed by atoms with Crippen molar-refractivity contribution in [2.75, 3.05) is 31.8 Å². The van der Waals surface area contributed by atoms with Crippen molar-refractivity contribution in [1.82, 2.24) is 4.98 Å². The Labute approximate surface area is 163 Å². The van der Waals surface area contributed by atoms with Crippen LogP contribution in [0.3, 0.4) is 0 Å². The molecule has 2 aromatic carbocycles. The Morgan fingerprint density at radius 3 is 2.48 bits per heavy atom. The lowest BCUT2D eigenvalue weighted by Crippen LogP contribution is -2.36. The number of carbonyl (C=O) groups excluding carboxylic acids is 1. The molecule has 0 spiro atoms. The van der Waals surface area contributed by atoms with Crippen LogP contribution in [0.15, 0.2) is 66.0 Å². The van der Waals surface area contributed by atoms with E-state index >= 15 is 0 Å². The molecule has 0 aliphatic rings. The number of hydrogen-bond donors (Lipinski definition) is 0. The van der Waals surface area contributed by atoms with Gasteiger partial charge in [0.1, 0.15) is 5.75 Å². The molecule has 0 atom stereocenters. The lowest BCUT2D eigenvalue weighted by Gasteiger charge is -2.20. The Bertz CT molecular complexity index is 837. The summed E-state index contributed by atoms with van der Waals surface area (Å²) in [5, 5.41) is 2.64. The Kier molecular flexibility index (Phi) is 6.96. The Morgan fingerprint density at radius 1 is 1.07 bits per heavy atom. The average Bonchev–Trinajstić information content (AvgIpc) is 3.21. The van der Waals surface area contributed by atoms with Crippen molar-refractivity contribution in [2.24, 2.45) is 0 Å². The maximum atomic E-state index is 12.8. The summed E-state index contributed by atoms with van der Waals surface area (Å²) < 4.78 is 10.7. The predicted octanol–water partition coefficient (Wildman–Crippen LogP) is 4.26. The molecule has 6 heteroatoms. The molecule has 0 bridgehead atoms. The molecule has 1 aromatic heterocycles. The van der Waals surface area contributed by atoms with Gasteiger partial charge in [0.15, 0.2) is 11.7 Å². The minimum atomic E-state index is -0.121. The van der Waals surface area contributed by atoms with Gasteiger partial charge in [0, 0.05) is 31.2 Å². The maximum Gasteiger partial charge on any atom is 0.266 e. The zero-order valence-corrected chi connectivity index (χ0v) is 16.0. The number of rotatable bonds is 9. The van der Waals surface area contributed by atoms with Crippen molar-refractivity contribution < 1.29 is 14.3 Å². The normalized spacial score (nSPS) is 10.6. The predicted molar refractivity (Wildman–Crippen MR) is 108 cm³/mol.